The van der Waals surface area contributed by atoms with E-state index in [-0.39, 0.29) is 18.2 Å². The normalized spacial score (nSPS) is 26.7. The van der Waals surface area contributed by atoms with E-state index in [1.807, 2.05) is 18.2 Å². The van der Waals surface area contributed by atoms with Crippen molar-refractivity contribution in [3.8, 4) is 0 Å². The molecular formula is C14H19N3O2. The van der Waals surface area contributed by atoms with Crippen LogP contribution in [-0.4, -0.2) is 25.4 Å². The van der Waals surface area contributed by atoms with Gasteiger partial charge in [0, 0.05) is 18.4 Å². The molecule has 3 atom stereocenters. The minimum Gasteiger partial charge on any atom is -0.381 e. The summed E-state index contributed by atoms with van der Waals surface area (Å²) in [7, 11) is 1.66. The van der Waals surface area contributed by atoms with Crippen molar-refractivity contribution in [1.29, 1.82) is 0 Å². The average molecular weight is 261 g/mol. The van der Waals surface area contributed by atoms with Gasteiger partial charge in [0.1, 0.15) is 0 Å². The largest absolute Gasteiger partial charge is 0.381 e. The summed E-state index contributed by atoms with van der Waals surface area (Å²) >= 11 is 0. The maximum absolute atomic E-state index is 8.52. The van der Waals surface area contributed by atoms with Crippen LogP contribution in [0.2, 0.25) is 0 Å². The highest BCUT2D eigenvalue weighted by atomic mass is 16.5. The highest BCUT2D eigenvalue weighted by Crippen LogP contribution is 2.26. The number of hydrogen-bond donors (Lipinski definition) is 0. The van der Waals surface area contributed by atoms with E-state index < -0.39 is 0 Å². The molecule has 1 aromatic rings. The molecule has 0 heterocycles. The van der Waals surface area contributed by atoms with Gasteiger partial charge in [-0.1, -0.05) is 35.4 Å². The van der Waals surface area contributed by atoms with Crippen molar-refractivity contribution < 1.29 is 9.47 Å². The first kappa shape index (κ1) is 13.9. The lowest BCUT2D eigenvalue weighted by molar-refractivity contribution is -0.0441. The summed E-state index contributed by atoms with van der Waals surface area (Å²) < 4.78 is 11.3. The van der Waals surface area contributed by atoms with Gasteiger partial charge in [-0.25, -0.2) is 0 Å². The molecule has 102 valence electrons. The van der Waals surface area contributed by atoms with Crippen LogP contribution < -0.4 is 0 Å². The topological polar surface area (TPSA) is 67.2 Å². The fourth-order valence-corrected chi connectivity index (χ4v) is 2.47. The molecule has 0 amide bonds. The van der Waals surface area contributed by atoms with E-state index in [0.717, 1.165) is 19.3 Å². The number of rotatable bonds is 5. The van der Waals surface area contributed by atoms with E-state index in [4.69, 9.17) is 15.0 Å². The van der Waals surface area contributed by atoms with E-state index in [1.165, 1.54) is 5.56 Å². The minimum atomic E-state index is -0.0634. The summed E-state index contributed by atoms with van der Waals surface area (Å²) in [6.45, 7) is 0.619. The van der Waals surface area contributed by atoms with Gasteiger partial charge in [-0.05, 0) is 23.9 Å². The molecule has 1 fully saturated rings. The van der Waals surface area contributed by atoms with Gasteiger partial charge in [-0.2, -0.15) is 0 Å². The molecule has 0 N–H and O–H groups in total. The number of benzene rings is 1. The van der Waals surface area contributed by atoms with E-state index in [2.05, 4.69) is 22.2 Å². The number of azide groups is 1. The monoisotopic (exact) mass is 261 g/mol. The Balaban J connectivity index is 1.85. The summed E-state index contributed by atoms with van der Waals surface area (Å²) in [5, 5.41) is 3.79. The Morgan fingerprint density at radius 1 is 1.32 bits per heavy atom. The van der Waals surface area contributed by atoms with Crippen molar-refractivity contribution in [2.75, 3.05) is 7.11 Å². The number of methoxy groups -OCH3 is 1. The third-order valence-corrected chi connectivity index (χ3v) is 3.54. The lowest BCUT2D eigenvalue weighted by Crippen LogP contribution is -2.37. The second-order valence-corrected chi connectivity index (χ2v) is 4.78. The van der Waals surface area contributed by atoms with Crippen LogP contribution in [0.3, 0.4) is 0 Å². The highest BCUT2D eigenvalue weighted by Gasteiger charge is 2.30. The minimum absolute atomic E-state index is 0.0366. The maximum Gasteiger partial charge on any atom is 0.0720 e. The Kier molecular flexibility index (Phi) is 5.21. The Hall–Kier alpha value is -1.55. The smallest absolute Gasteiger partial charge is 0.0720 e. The van der Waals surface area contributed by atoms with Crippen LogP contribution in [-0.2, 0) is 16.1 Å². The number of nitrogens with zero attached hydrogens (tertiary/aromatic N) is 3. The fourth-order valence-electron chi connectivity index (χ4n) is 2.47. The van der Waals surface area contributed by atoms with Crippen molar-refractivity contribution in [3.05, 3.63) is 46.3 Å². The van der Waals surface area contributed by atoms with Gasteiger partial charge in [0.05, 0.1) is 24.9 Å². The summed E-state index contributed by atoms with van der Waals surface area (Å²) in [5.74, 6) is 0. The molecule has 2 rings (SSSR count). The standard InChI is InChI=1S/C14H19N3O2/c1-18-14-9-12(7-8-13(14)16-17-15)19-10-11-5-3-2-4-6-11/h2-6,12-14H,7-10H2,1H3/t12-,13-,14+/m1/s1. The fraction of sp³-hybridized carbons (Fsp3) is 0.571. The van der Waals surface area contributed by atoms with Crippen LogP contribution in [0.1, 0.15) is 24.8 Å². The second kappa shape index (κ2) is 7.14. The third-order valence-electron chi connectivity index (χ3n) is 3.54. The Labute approximate surface area is 113 Å². The predicted octanol–water partition coefficient (Wildman–Crippen LogP) is 3.45. The van der Waals surface area contributed by atoms with Crippen LogP contribution in [0.5, 0.6) is 0 Å². The van der Waals surface area contributed by atoms with Crippen molar-refractivity contribution >= 4 is 0 Å². The number of ether oxygens (including phenoxy) is 2. The van der Waals surface area contributed by atoms with Crippen molar-refractivity contribution in [1.82, 2.24) is 0 Å². The predicted molar refractivity (Wildman–Crippen MR) is 72.6 cm³/mol. The molecule has 19 heavy (non-hydrogen) atoms. The first-order valence-electron chi connectivity index (χ1n) is 6.56. The third kappa shape index (κ3) is 3.96. The quantitative estimate of drug-likeness (QED) is 0.463. The van der Waals surface area contributed by atoms with Gasteiger partial charge in [0.2, 0.25) is 0 Å². The summed E-state index contributed by atoms with van der Waals surface area (Å²) in [4.78, 5) is 2.88. The summed E-state index contributed by atoms with van der Waals surface area (Å²) in [5.41, 5.74) is 9.70. The molecule has 0 saturated heterocycles. The zero-order valence-electron chi connectivity index (χ0n) is 11.1. The molecule has 1 saturated carbocycles. The van der Waals surface area contributed by atoms with E-state index in [0.29, 0.717) is 6.61 Å². The lowest BCUT2D eigenvalue weighted by Gasteiger charge is -2.32. The van der Waals surface area contributed by atoms with Crippen LogP contribution in [0.25, 0.3) is 10.4 Å². The molecule has 5 nitrogen and oxygen atoms in total. The lowest BCUT2D eigenvalue weighted by atomic mass is 9.90. The highest BCUT2D eigenvalue weighted by molar-refractivity contribution is 5.13. The Morgan fingerprint density at radius 3 is 2.79 bits per heavy atom. The zero-order valence-corrected chi connectivity index (χ0v) is 11.1. The molecule has 0 unspecified atom stereocenters. The van der Waals surface area contributed by atoms with E-state index in [1.54, 1.807) is 7.11 Å². The summed E-state index contributed by atoms with van der Waals surface area (Å²) in [6, 6.07) is 10.1. The average Bonchev–Trinajstić information content (AvgIpc) is 2.47. The molecule has 0 spiro atoms. The van der Waals surface area contributed by atoms with Gasteiger partial charge in [-0.3, -0.25) is 0 Å². The maximum atomic E-state index is 8.52. The SMILES string of the molecule is CO[C@H]1C[C@H](OCc2ccccc2)CC[C@H]1N=[N+]=[N-]. The molecule has 0 aliphatic heterocycles. The van der Waals surface area contributed by atoms with Crippen molar-refractivity contribution in [2.45, 2.75) is 44.1 Å². The van der Waals surface area contributed by atoms with Crippen LogP contribution in [0, 0.1) is 0 Å². The Bertz CT molecular complexity index is 432. The zero-order chi connectivity index (χ0) is 13.5. The van der Waals surface area contributed by atoms with Gasteiger partial charge < -0.3 is 9.47 Å². The van der Waals surface area contributed by atoms with Crippen molar-refractivity contribution in [2.24, 2.45) is 5.11 Å². The van der Waals surface area contributed by atoms with Gasteiger partial charge in [-0.15, -0.1) is 0 Å². The molecule has 1 aromatic carbocycles. The molecule has 0 aromatic heterocycles. The molecular weight excluding hydrogens is 242 g/mol. The van der Waals surface area contributed by atoms with E-state index in [9.17, 15) is 0 Å². The molecule has 5 heteroatoms. The van der Waals surface area contributed by atoms with Gasteiger partial charge in [0.25, 0.3) is 0 Å². The Morgan fingerprint density at radius 2 is 2.11 bits per heavy atom. The van der Waals surface area contributed by atoms with Gasteiger partial charge >= 0.3 is 0 Å². The summed E-state index contributed by atoms with van der Waals surface area (Å²) in [6.07, 6.45) is 2.66. The van der Waals surface area contributed by atoms with Crippen LogP contribution in [0.4, 0.5) is 0 Å². The first-order valence-corrected chi connectivity index (χ1v) is 6.56. The number of hydrogen-bond acceptors (Lipinski definition) is 3. The second-order valence-electron chi connectivity index (χ2n) is 4.78. The molecule has 1 aliphatic rings. The first-order chi connectivity index (χ1) is 9.33. The van der Waals surface area contributed by atoms with Crippen LogP contribution >= 0.6 is 0 Å². The van der Waals surface area contributed by atoms with E-state index >= 15 is 0 Å². The molecule has 0 bridgehead atoms. The van der Waals surface area contributed by atoms with Gasteiger partial charge in [0.15, 0.2) is 0 Å². The van der Waals surface area contributed by atoms with Crippen molar-refractivity contribution in [3.63, 3.8) is 0 Å². The molecule has 1 aliphatic carbocycles. The van der Waals surface area contributed by atoms with Crippen LogP contribution in [0.15, 0.2) is 35.4 Å². The molecule has 0 radical (unpaired) electrons.